The molecule has 3 N–H and O–H groups in total. The number of hydrogen-bond acceptors (Lipinski definition) is 6. The van der Waals surface area contributed by atoms with Crippen LogP contribution in [0.4, 0.5) is 5.82 Å². The first-order valence-electron chi connectivity index (χ1n) is 7.00. The van der Waals surface area contributed by atoms with Crippen molar-refractivity contribution < 1.29 is 4.74 Å². The predicted octanol–water partition coefficient (Wildman–Crippen LogP) is 1.19. The van der Waals surface area contributed by atoms with Gasteiger partial charge in [-0.05, 0) is 32.4 Å². The number of aromatic nitrogens is 2. The van der Waals surface area contributed by atoms with Crippen LogP contribution in [0.25, 0.3) is 0 Å². The molecule has 106 valence electrons. The average Bonchev–Trinajstić information content (AvgIpc) is 2.94. The van der Waals surface area contributed by atoms with E-state index in [9.17, 15) is 0 Å². The van der Waals surface area contributed by atoms with Crippen LogP contribution in [0.5, 0.6) is 5.88 Å². The molecule has 0 unspecified atom stereocenters. The summed E-state index contributed by atoms with van der Waals surface area (Å²) in [5, 5.41) is 0. The zero-order valence-corrected chi connectivity index (χ0v) is 11.6. The first-order chi connectivity index (χ1) is 9.35. The molecule has 1 aromatic heterocycles. The number of ether oxygens (including phenoxy) is 1. The van der Waals surface area contributed by atoms with Crippen molar-refractivity contribution in [1.29, 1.82) is 0 Å². The monoisotopic (exact) mass is 265 g/mol. The minimum absolute atomic E-state index is 0.656. The van der Waals surface area contributed by atoms with E-state index in [4.69, 9.17) is 10.6 Å². The second-order valence-corrected chi connectivity index (χ2v) is 4.80. The van der Waals surface area contributed by atoms with E-state index in [1.807, 2.05) is 0 Å². The first-order valence-corrected chi connectivity index (χ1v) is 7.00. The Hall–Kier alpha value is -1.40. The molecule has 0 saturated carbocycles. The van der Waals surface area contributed by atoms with Gasteiger partial charge in [-0.25, -0.2) is 15.8 Å². The molecule has 0 aliphatic carbocycles. The molecule has 1 aliphatic heterocycles. The van der Waals surface area contributed by atoms with E-state index in [2.05, 4.69) is 27.2 Å². The molecule has 1 saturated heterocycles. The maximum atomic E-state index is 5.81. The molecular weight excluding hydrogens is 242 g/mol. The van der Waals surface area contributed by atoms with Crippen molar-refractivity contribution in [2.24, 2.45) is 5.84 Å². The molecule has 2 rings (SSSR count). The normalized spacial score (nSPS) is 15.7. The van der Waals surface area contributed by atoms with Crippen molar-refractivity contribution in [3.63, 3.8) is 0 Å². The second-order valence-electron chi connectivity index (χ2n) is 4.80. The fraction of sp³-hybridized carbons (Fsp3) is 0.692. The van der Waals surface area contributed by atoms with Gasteiger partial charge in [0.15, 0.2) is 0 Å². The quantitative estimate of drug-likeness (QED) is 0.569. The molecule has 19 heavy (non-hydrogen) atoms. The molecule has 0 bridgehead atoms. The highest BCUT2D eigenvalue weighted by atomic mass is 16.5. The number of nitrogen functional groups attached to an aromatic ring is 1. The summed E-state index contributed by atoms with van der Waals surface area (Å²) >= 11 is 0. The summed E-state index contributed by atoms with van der Waals surface area (Å²) < 4.78 is 5.81. The molecule has 6 heteroatoms. The maximum Gasteiger partial charge on any atom is 0.221 e. The van der Waals surface area contributed by atoms with Crippen molar-refractivity contribution in [2.75, 3.05) is 31.7 Å². The van der Waals surface area contributed by atoms with Crippen LogP contribution < -0.4 is 16.0 Å². The number of likely N-dealkylation sites (tertiary alicyclic amines) is 1. The predicted molar refractivity (Wildman–Crippen MR) is 75.0 cm³/mol. The van der Waals surface area contributed by atoms with E-state index in [1.54, 1.807) is 0 Å². The molecule has 1 aliphatic rings. The van der Waals surface area contributed by atoms with Gasteiger partial charge >= 0.3 is 0 Å². The topological polar surface area (TPSA) is 76.3 Å². The molecule has 2 heterocycles. The summed E-state index contributed by atoms with van der Waals surface area (Å²) in [6.07, 6.45) is 5.95. The number of rotatable bonds is 7. The van der Waals surface area contributed by atoms with Crippen LogP contribution in [0.3, 0.4) is 0 Å². The van der Waals surface area contributed by atoms with Crippen LogP contribution in [0.2, 0.25) is 0 Å². The number of nitrogens with one attached hydrogen (secondary N) is 1. The number of anilines is 1. The summed E-state index contributed by atoms with van der Waals surface area (Å²) in [6.45, 7) is 6.11. The van der Waals surface area contributed by atoms with Gasteiger partial charge in [-0.15, -0.1) is 0 Å². The summed E-state index contributed by atoms with van der Waals surface area (Å²) in [4.78, 5) is 10.8. The first kappa shape index (κ1) is 14.0. The van der Waals surface area contributed by atoms with Gasteiger partial charge in [-0.3, -0.25) is 4.90 Å². The van der Waals surface area contributed by atoms with Crippen molar-refractivity contribution >= 4 is 5.82 Å². The van der Waals surface area contributed by atoms with Crippen LogP contribution in [0.1, 0.15) is 31.7 Å². The fourth-order valence-electron chi connectivity index (χ4n) is 2.40. The summed E-state index contributed by atoms with van der Waals surface area (Å²) in [5.41, 5.74) is 3.58. The summed E-state index contributed by atoms with van der Waals surface area (Å²) in [6, 6.07) is 0. The van der Waals surface area contributed by atoms with Crippen molar-refractivity contribution in [2.45, 2.75) is 32.6 Å². The standard InChI is InChI=1S/C13H23N5O/c1-2-5-11-12(17-14)15-10-16-13(11)19-9-8-18-6-3-4-7-18/h10H,2-9,14H2,1H3,(H,15,16,17). The van der Waals surface area contributed by atoms with E-state index < -0.39 is 0 Å². The van der Waals surface area contributed by atoms with E-state index in [0.29, 0.717) is 18.3 Å². The molecule has 0 radical (unpaired) electrons. The molecule has 1 aromatic rings. The van der Waals surface area contributed by atoms with Crippen molar-refractivity contribution in [3.8, 4) is 5.88 Å². The SMILES string of the molecule is CCCc1c(NN)ncnc1OCCN1CCCC1. The highest BCUT2D eigenvalue weighted by molar-refractivity contribution is 5.47. The lowest BCUT2D eigenvalue weighted by atomic mass is 10.2. The van der Waals surface area contributed by atoms with Crippen LogP contribution in [0.15, 0.2) is 6.33 Å². The Morgan fingerprint density at radius 1 is 1.37 bits per heavy atom. The van der Waals surface area contributed by atoms with Gasteiger partial charge in [0.05, 0.1) is 5.56 Å². The van der Waals surface area contributed by atoms with Gasteiger partial charge in [0.1, 0.15) is 18.8 Å². The molecule has 1 fully saturated rings. The maximum absolute atomic E-state index is 5.81. The Labute approximate surface area is 114 Å². The van der Waals surface area contributed by atoms with Gasteiger partial charge in [-0.1, -0.05) is 13.3 Å². The minimum atomic E-state index is 0.656. The number of hydrazine groups is 1. The largest absolute Gasteiger partial charge is 0.476 e. The summed E-state index contributed by atoms with van der Waals surface area (Å²) in [7, 11) is 0. The number of nitrogens with two attached hydrogens (primary N) is 1. The minimum Gasteiger partial charge on any atom is -0.476 e. The molecule has 0 amide bonds. The second kappa shape index (κ2) is 7.25. The lowest BCUT2D eigenvalue weighted by Gasteiger charge is -2.16. The van der Waals surface area contributed by atoms with Gasteiger partial charge in [0, 0.05) is 6.54 Å². The Bertz CT molecular complexity index is 393. The highest BCUT2D eigenvalue weighted by Gasteiger charge is 2.14. The molecule has 0 spiro atoms. The lowest BCUT2D eigenvalue weighted by Crippen LogP contribution is -2.25. The van der Waals surface area contributed by atoms with E-state index >= 15 is 0 Å². The zero-order valence-electron chi connectivity index (χ0n) is 11.6. The molecular formula is C13H23N5O. The van der Waals surface area contributed by atoms with E-state index in [1.165, 1.54) is 32.3 Å². The van der Waals surface area contributed by atoms with Crippen molar-refractivity contribution in [1.82, 2.24) is 14.9 Å². The third-order valence-electron chi connectivity index (χ3n) is 3.39. The third-order valence-corrected chi connectivity index (χ3v) is 3.39. The Kier molecular flexibility index (Phi) is 5.35. The van der Waals surface area contributed by atoms with Crippen LogP contribution >= 0.6 is 0 Å². The number of hydrogen-bond donors (Lipinski definition) is 2. The molecule has 0 atom stereocenters. The Morgan fingerprint density at radius 3 is 2.84 bits per heavy atom. The zero-order chi connectivity index (χ0) is 13.5. The number of nitrogens with zero attached hydrogens (tertiary/aromatic N) is 3. The van der Waals surface area contributed by atoms with Gasteiger partial charge < -0.3 is 10.2 Å². The van der Waals surface area contributed by atoms with Gasteiger partial charge in [-0.2, -0.15) is 0 Å². The van der Waals surface area contributed by atoms with E-state index in [-0.39, 0.29) is 0 Å². The van der Waals surface area contributed by atoms with E-state index in [0.717, 1.165) is 24.9 Å². The van der Waals surface area contributed by atoms with Crippen LogP contribution in [-0.2, 0) is 6.42 Å². The van der Waals surface area contributed by atoms with Gasteiger partial charge in [0.2, 0.25) is 5.88 Å². The van der Waals surface area contributed by atoms with Crippen LogP contribution in [-0.4, -0.2) is 41.1 Å². The average molecular weight is 265 g/mol. The smallest absolute Gasteiger partial charge is 0.221 e. The summed E-state index contributed by atoms with van der Waals surface area (Å²) in [5.74, 6) is 6.79. The Morgan fingerprint density at radius 2 is 2.16 bits per heavy atom. The lowest BCUT2D eigenvalue weighted by molar-refractivity contribution is 0.230. The van der Waals surface area contributed by atoms with Gasteiger partial charge in [0.25, 0.3) is 0 Å². The Balaban J connectivity index is 1.94. The fourth-order valence-corrected chi connectivity index (χ4v) is 2.40. The molecule has 6 nitrogen and oxygen atoms in total. The highest BCUT2D eigenvalue weighted by Crippen LogP contribution is 2.22. The van der Waals surface area contributed by atoms with Crippen LogP contribution in [0, 0.1) is 0 Å². The third kappa shape index (κ3) is 3.78. The molecule has 0 aromatic carbocycles. The van der Waals surface area contributed by atoms with Crippen molar-refractivity contribution in [3.05, 3.63) is 11.9 Å².